The van der Waals surface area contributed by atoms with E-state index in [2.05, 4.69) is 5.10 Å². The normalized spacial score (nSPS) is 10.5. The third-order valence-electron chi connectivity index (χ3n) is 2.49. The van der Waals surface area contributed by atoms with Crippen molar-refractivity contribution in [1.82, 2.24) is 9.78 Å². The molecule has 0 radical (unpaired) electrons. The molecule has 2 rings (SSSR count). The number of benzene rings is 1. The largest absolute Gasteiger partial charge is 0.497 e. The van der Waals surface area contributed by atoms with Crippen LogP contribution in [0, 0.1) is 6.92 Å². The smallest absolute Gasteiger partial charge is 0.119 e. The summed E-state index contributed by atoms with van der Waals surface area (Å²) >= 11 is 6.22. The van der Waals surface area contributed by atoms with E-state index < -0.39 is 0 Å². The molecule has 1 heterocycles. The number of hydrogen-bond acceptors (Lipinski definition) is 2. The summed E-state index contributed by atoms with van der Waals surface area (Å²) < 4.78 is 6.97. The predicted octanol–water partition coefficient (Wildman–Crippen LogP) is 3.06. The fraction of sp³-hybridized carbons (Fsp3) is 0.250. The standard InChI is InChI=1S/C12H13ClN2O/c1-8-11(13)12(15(2)14-8)9-5-4-6-10(7-9)16-3/h4-7H,1-3H3. The molecule has 0 N–H and O–H groups in total. The first-order valence-electron chi connectivity index (χ1n) is 4.97. The summed E-state index contributed by atoms with van der Waals surface area (Å²) in [7, 11) is 3.53. The van der Waals surface area contributed by atoms with Crippen LogP contribution in [0.5, 0.6) is 5.75 Å². The summed E-state index contributed by atoms with van der Waals surface area (Å²) in [5, 5.41) is 4.98. The van der Waals surface area contributed by atoms with Gasteiger partial charge in [0.05, 0.1) is 23.5 Å². The van der Waals surface area contributed by atoms with Crippen LogP contribution in [0.3, 0.4) is 0 Å². The first-order valence-corrected chi connectivity index (χ1v) is 5.35. The lowest BCUT2D eigenvalue weighted by Crippen LogP contribution is -1.94. The lowest BCUT2D eigenvalue weighted by atomic mass is 10.1. The van der Waals surface area contributed by atoms with Crippen LogP contribution >= 0.6 is 11.6 Å². The molecule has 0 spiro atoms. The Labute approximate surface area is 99.6 Å². The zero-order chi connectivity index (χ0) is 11.7. The Bertz CT molecular complexity index is 520. The molecule has 0 aliphatic rings. The number of rotatable bonds is 2. The van der Waals surface area contributed by atoms with Crippen molar-refractivity contribution < 1.29 is 4.74 Å². The molecule has 1 aromatic heterocycles. The van der Waals surface area contributed by atoms with Gasteiger partial charge < -0.3 is 4.74 Å². The number of methoxy groups -OCH3 is 1. The molecule has 0 bridgehead atoms. The number of nitrogens with zero attached hydrogens (tertiary/aromatic N) is 2. The van der Waals surface area contributed by atoms with Crippen LogP contribution < -0.4 is 4.74 Å². The average Bonchev–Trinajstić information content (AvgIpc) is 2.53. The van der Waals surface area contributed by atoms with Crippen LogP contribution in [0.25, 0.3) is 11.3 Å². The van der Waals surface area contributed by atoms with Crippen molar-refractivity contribution in [3.63, 3.8) is 0 Å². The van der Waals surface area contributed by atoms with Crippen molar-refractivity contribution in [1.29, 1.82) is 0 Å². The minimum atomic E-state index is 0.691. The molecule has 0 fully saturated rings. The molecule has 0 saturated carbocycles. The quantitative estimate of drug-likeness (QED) is 0.801. The molecule has 4 heteroatoms. The number of aromatic nitrogens is 2. The fourth-order valence-corrected chi connectivity index (χ4v) is 1.99. The van der Waals surface area contributed by atoms with Crippen molar-refractivity contribution >= 4 is 11.6 Å². The van der Waals surface area contributed by atoms with Crippen LogP contribution in [0.15, 0.2) is 24.3 Å². The Morgan fingerprint density at radius 3 is 2.69 bits per heavy atom. The highest BCUT2D eigenvalue weighted by Crippen LogP contribution is 2.31. The van der Waals surface area contributed by atoms with Gasteiger partial charge in [-0.25, -0.2) is 0 Å². The Morgan fingerprint density at radius 1 is 1.38 bits per heavy atom. The summed E-state index contributed by atoms with van der Waals surface area (Å²) in [4.78, 5) is 0. The van der Waals surface area contributed by atoms with Gasteiger partial charge in [0, 0.05) is 12.6 Å². The Morgan fingerprint density at radius 2 is 2.12 bits per heavy atom. The van der Waals surface area contributed by atoms with Crippen molar-refractivity contribution in [3.8, 4) is 17.0 Å². The van der Waals surface area contributed by atoms with Crippen LogP contribution in [0.1, 0.15) is 5.69 Å². The summed E-state index contributed by atoms with van der Waals surface area (Å²) in [6.45, 7) is 1.89. The van der Waals surface area contributed by atoms with Crippen molar-refractivity contribution in [2.75, 3.05) is 7.11 Å². The summed E-state index contributed by atoms with van der Waals surface area (Å²) in [6, 6.07) is 7.78. The van der Waals surface area contributed by atoms with Gasteiger partial charge in [0.2, 0.25) is 0 Å². The lowest BCUT2D eigenvalue weighted by Gasteiger charge is -2.05. The molecular weight excluding hydrogens is 224 g/mol. The van der Waals surface area contributed by atoms with Gasteiger partial charge in [-0.05, 0) is 19.1 Å². The highest BCUT2D eigenvalue weighted by Gasteiger charge is 2.13. The second-order valence-corrected chi connectivity index (χ2v) is 3.98. The van der Waals surface area contributed by atoms with Crippen LogP contribution in [-0.2, 0) is 7.05 Å². The van der Waals surface area contributed by atoms with E-state index in [4.69, 9.17) is 16.3 Å². The van der Waals surface area contributed by atoms with Gasteiger partial charge in [-0.2, -0.15) is 5.10 Å². The van der Waals surface area contributed by atoms with Crippen molar-refractivity contribution in [2.45, 2.75) is 6.92 Å². The topological polar surface area (TPSA) is 27.1 Å². The third kappa shape index (κ3) is 1.78. The van der Waals surface area contributed by atoms with Crippen molar-refractivity contribution in [3.05, 3.63) is 35.0 Å². The second kappa shape index (κ2) is 4.18. The zero-order valence-electron chi connectivity index (χ0n) is 9.49. The van der Waals surface area contributed by atoms with E-state index in [1.807, 2.05) is 38.2 Å². The molecule has 0 aliphatic heterocycles. The maximum atomic E-state index is 6.22. The third-order valence-corrected chi connectivity index (χ3v) is 2.94. The second-order valence-electron chi connectivity index (χ2n) is 3.60. The van der Waals surface area contributed by atoms with Gasteiger partial charge in [0.15, 0.2) is 0 Å². The van der Waals surface area contributed by atoms with E-state index in [0.717, 1.165) is 22.7 Å². The highest BCUT2D eigenvalue weighted by atomic mass is 35.5. The maximum Gasteiger partial charge on any atom is 0.119 e. The van der Waals surface area contributed by atoms with E-state index in [-0.39, 0.29) is 0 Å². The number of ether oxygens (including phenoxy) is 1. The fourth-order valence-electron chi connectivity index (χ4n) is 1.72. The van der Waals surface area contributed by atoms with Gasteiger partial charge in [0.1, 0.15) is 5.75 Å². The molecule has 0 unspecified atom stereocenters. The highest BCUT2D eigenvalue weighted by molar-refractivity contribution is 6.33. The molecule has 1 aromatic carbocycles. The lowest BCUT2D eigenvalue weighted by molar-refractivity contribution is 0.415. The Kier molecular flexibility index (Phi) is 2.88. The van der Waals surface area contributed by atoms with E-state index in [9.17, 15) is 0 Å². The number of hydrogen-bond donors (Lipinski definition) is 0. The van der Waals surface area contributed by atoms with E-state index in [0.29, 0.717) is 5.02 Å². The number of aryl methyl sites for hydroxylation is 2. The number of halogens is 1. The first-order chi connectivity index (χ1) is 7.63. The maximum absolute atomic E-state index is 6.22. The molecular formula is C12H13ClN2O. The SMILES string of the molecule is COc1cccc(-c2c(Cl)c(C)nn2C)c1. The van der Waals surface area contributed by atoms with E-state index >= 15 is 0 Å². The molecule has 0 atom stereocenters. The Balaban J connectivity index is 2.58. The Hall–Kier alpha value is -1.48. The molecule has 0 amide bonds. The van der Waals surface area contributed by atoms with E-state index in [1.54, 1.807) is 11.8 Å². The van der Waals surface area contributed by atoms with Gasteiger partial charge in [-0.15, -0.1) is 0 Å². The van der Waals surface area contributed by atoms with E-state index in [1.165, 1.54) is 0 Å². The predicted molar refractivity (Wildman–Crippen MR) is 64.9 cm³/mol. The van der Waals surface area contributed by atoms with Crippen LogP contribution in [-0.4, -0.2) is 16.9 Å². The monoisotopic (exact) mass is 236 g/mol. The van der Waals surface area contributed by atoms with Gasteiger partial charge in [-0.1, -0.05) is 23.7 Å². The minimum Gasteiger partial charge on any atom is -0.497 e. The molecule has 0 saturated heterocycles. The van der Waals surface area contributed by atoms with Gasteiger partial charge in [-0.3, -0.25) is 4.68 Å². The zero-order valence-corrected chi connectivity index (χ0v) is 10.2. The minimum absolute atomic E-state index is 0.691. The molecule has 16 heavy (non-hydrogen) atoms. The van der Waals surface area contributed by atoms with Crippen LogP contribution in [0.2, 0.25) is 5.02 Å². The molecule has 84 valence electrons. The van der Waals surface area contributed by atoms with Crippen molar-refractivity contribution in [2.24, 2.45) is 7.05 Å². The van der Waals surface area contributed by atoms with Gasteiger partial charge in [0.25, 0.3) is 0 Å². The first kappa shape index (κ1) is 11.0. The summed E-state index contributed by atoms with van der Waals surface area (Å²) in [5.74, 6) is 0.812. The van der Waals surface area contributed by atoms with Crippen LogP contribution in [0.4, 0.5) is 0 Å². The summed E-state index contributed by atoms with van der Waals surface area (Å²) in [5.41, 5.74) is 2.76. The van der Waals surface area contributed by atoms with Gasteiger partial charge >= 0.3 is 0 Å². The molecule has 3 nitrogen and oxygen atoms in total. The molecule has 0 aliphatic carbocycles. The average molecular weight is 237 g/mol. The molecule has 2 aromatic rings. The summed E-state index contributed by atoms with van der Waals surface area (Å²) in [6.07, 6.45) is 0.